The number of hydrogen-bond acceptors (Lipinski definition) is 6. The van der Waals surface area contributed by atoms with Crippen LogP contribution < -0.4 is 10.5 Å². The molecule has 1 saturated carbocycles. The first-order chi connectivity index (χ1) is 14.7. The first kappa shape index (κ1) is 17.5. The molecular formula is C20H17ClN8O. The Kier molecular flexibility index (Phi) is 3.67. The van der Waals surface area contributed by atoms with Gasteiger partial charge in [0.05, 0.1) is 22.0 Å². The zero-order valence-corrected chi connectivity index (χ0v) is 16.7. The molecule has 2 fully saturated rings. The van der Waals surface area contributed by atoms with Crippen LogP contribution in [0.2, 0.25) is 5.02 Å². The molecule has 1 aliphatic carbocycles. The maximum Gasteiger partial charge on any atom is 0.279 e. The third-order valence-electron chi connectivity index (χ3n) is 6.30. The third-order valence-corrected chi connectivity index (χ3v) is 6.60. The van der Waals surface area contributed by atoms with Gasteiger partial charge < -0.3 is 9.88 Å². The molecule has 1 aliphatic heterocycles. The van der Waals surface area contributed by atoms with E-state index in [4.69, 9.17) is 16.7 Å². The minimum absolute atomic E-state index is 0.0984. The summed E-state index contributed by atoms with van der Waals surface area (Å²) in [4.78, 5) is 27.2. The van der Waals surface area contributed by atoms with Crippen molar-refractivity contribution < 1.29 is 0 Å². The number of aromatic nitrogens is 6. The number of anilines is 1. The first-order valence-electron chi connectivity index (χ1n) is 9.95. The van der Waals surface area contributed by atoms with Crippen molar-refractivity contribution in [2.45, 2.75) is 37.8 Å². The molecule has 0 amide bonds. The summed E-state index contributed by atoms with van der Waals surface area (Å²) in [5.41, 5.74) is 1.45. The lowest BCUT2D eigenvalue weighted by Crippen LogP contribution is -2.46. The average Bonchev–Trinajstić information content (AvgIpc) is 3.26. The van der Waals surface area contributed by atoms with Crippen molar-refractivity contribution in [2.75, 3.05) is 11.4 Å². The molecule has 0 aromatic carbocycles. The van der Waals surface area contributed by atoms with Gasteiger partial charge in [-0.05, 0) is 31.7 Å². The number of nitriles is 1. The summed E-state index contributed by atoms with van der Waals surface area (Å²) in [6, 6.07) is 3.94. The van der Waals surface area contributed by atoms with Gasteiger partial charge in [0.15, 0.2) is 5.82 Å². The van der Waals surface area contributed by atoms with Crippen molar-refractivity contribution in [1.29, 1.82) is 5.26 Å². The Bertz CT molecular complexity index is 1410. The monoisotopic (exact) mass is 420 g/mol. The summed E-state index contributed by atoms with van der Waals surface area (Å²) < 4.78 is 3.42. The number of rotatable bonds is 3. The second-order valence-corrected chi connectivity index (χ2v) is 8.22. The molecule has 10 heteroatoms. The Balaban J connectivity index is 1.53. The number of halogens is 1. The molecule has 150 valence electrons. The Morgan fingerprint density at radius 2 is 2.13 bits per heavy atom. The third kappa shape index (κ3) is 2.28. The van der Waals surface area contributed by atoms with Crippen LogP contribution in [0, 0.1) is 11.3 Å². The van der Waals surface area contributed by atoms with Crippen LogP contribution in [0.1, 0.15) is 49.2 Å². The lowest BCUT2D eigenvalue weighted by molar-refractivity contribution is 0.276. The molecule has 0 unspecified atom stereocenters. The van der Waals surface area contributed by atoms with Gasteiger partial charge >= 0.3 is 0 Å². The molecule has 1 saturated heterocycles. The highest BCUT2D eigenvalue weighted by Crippen LogP contribution is 2.41. The fourth-order valence-electron chi connectivity index (χ4n) is 4.45. The molecule has 1 N–H and O–H groups in total. The molecular weight excluding hydrogens is 404 g/mol. The Hall–Kier alpha value is -3.38. The van der Waals surface area contributed by atoms with Crippen molar-refractivity contribution in [3.8, 4) is 6.07 Å². The van der Waals surface area contributed by atoms with Gasteiger partial charge in [0, 0.05) is 25.0 Å². The molecule has 0 spiro atoms. The van der Waals surface area contributed by atoms with E-state index in [1.807, 2.05) is 4.57 Å². The van der Waals surface area contributed by atoms with Gasteiger partial charge in [0.1, 0.15) is 29.4 Å². The summed E-state index contributed by atoms with van der Waals surface area (Å²) in [6.45, 7) is 0.762. The zero-order valence-electron chi connectivity index (χ0n) is 15.9. The van der Waals surface area contributed by atoms with Crippen LogP contribution >= 0.6 is 11.6 Å². The van der Waals surface area contributed by atoms with Crippen LogP contribution in [0.25, 0.3) is 16.6 Å². The van der Waals surface area contributed by atoms with Crippen molar-refractivity contribution in [3.05, 3.63) is 51.6 Å². The van der Waals surface area contributed by atoms with E-state index < -0.39 is 0 Å². The van der Waals surface area contributed by atoms with E-state index >= 15 is 0 Å². The Morgan fingerprint density at radius 1 is 1.27 bits per heavy atom. The quantitative estimate of drug-likeness (QED) is 0.545. The second kappa shape index (κ2) is 6.31. The maximum absolute atomic E-state index is 13.4. The molecule has 1 atom stereocenters. The van der Waals surface area contributed by atoms with E-state index in [1.165, 1.54) is 6.33 Å². The second-order valence-electron chi connectivity index (χ2n) is 7.81. The molecule has 4 aromatic rings. The molecule has 2 aliphatic rings. The standard InChI is InChI=1S/C20H17ClN8O/c21-13-4-7-28-16(13)20(30)29(12-2-1-3-12)18(26-28)14-5-6-27(14)19-15-11(8-22)9-23-17(15)24-10-25-19/h4,7,9-10,12,14H,1-3,5-6H2,(H,23,24,25)/t14-/m0/s1. The van der Waals surface area contributed by atoms with Crippen LogP contribution in [-0.4, -0.2) is 35.7 Å². The smallest absolute Gasteiger partial charge is 0.279 e. The zero-order chi connectivity index (χ0) is 20.4. The number of hydrogen-bond donors (Lipinski definition) is 1. The molecule has 6 rings (SSSR count). The molecule has 30 heavy (non-hydrogen) atoms. The summed E-state index contributed by atoms with van der Waals surface area (Å²) in [7, 11) is 0. The van der Waals surface area contributed by atoms with Crippen LogP contribution in [-0.2, 0) is 0 Å². The predicted octanol–water partition coefficient (Wildman–Crippen LogP) is 2.97. The molecule has 0 bridgehead atoms. The fraction of sp³-hybridized carbons (Fsp3) is 0.350. The minimum Gasteiger partial charge on any atom is -0.345 e. The van der Waals surface area contributed by atoms with Crippen LogP contribution in [0.4, 0.5) is 5.82 Å². The van der Waals surface area contributed by atoms with Crippen molar-refractivity contribution in [3.63, 3.8) is 0 Å². The predicted molar refractivity (Wildman–Crippen MR) is 111 cm³/mol. The lowest BCUT2D eigenvalue weighted by atomic mass is 9.91. The largest absolute Gasteiger partial charge is 0.345 e. The Morgan fingerprint density at radius 3 is 2.83 bits per heavy atom. The van der Waals surface area contributed by atoms with Crippen molar-refractivity contribution >= 4 is 34.0 Å². The van der Waals surface area contributed by atoms with E-state index in [1.54, 1.807) is 23.0 Å². The van der Waals surface area contributed by atoms with E-state index in [0.29, 0.717) is 33.0 Å². The molecule has 0 radical (unpaired) electrons. The fourth-order valence-corrected chi connectivity index (χ4v) is 4.67. The highest BCUT2D eigenvalue weighted by Gasteiger charge is 2.38. The van der Waals surface area contributed by atoms with Crippen molar-refractivity contribution in [1.82, 2.24) is 29.1 Å². The van der Waals surface area contributed by atoms with Crippen LogP contribution in [0.3, 0.4) is 0 Å². The van der Waals surface area contributed by atoms with Gasteiger partial charge in [-0.15, -0.1) is 0 Å². The number of fused-ring (bicyclic) bond motifs is 2. The van der Waals surface area contributed by atoms with Gasteiger partial charge in [-0.3, -0.25) is 9.36 Å². The number of nitrogens with one attached hydrogen (secondary N) is 1. The molecule has 9 nitrogen and oxygen atoms in total. The maximum atomic E-state index is 13.4. The summed E-state index contributed by atoms with van der Waals surface area (Å²) >= 11 is 6.27. The average molecular weight is 421 g/mol. The minimum atomic E-state index is -0.108. The van der Waals surface area contributed by atoms with Gasteiger partial charge in [0.2, 0.25) is 0 Å². The summed E-state index contributed by atoms with van der Waals surface area (Å²) in [5.74, 6) is 1.41. The summed E-state index contributed by atoms with van der Waals surface area (Å²) in [6.07, 6.45) is 8.73. The Labute approximate surface area is 175 Å². The van der Waals surface area contributed by atoms with E-state index in [0.717, 1.165) is 38.1 Å². The number of aromatic amines is 1. The van der Waals surface area contributed by atoms with Gasteiger partial charge in [-0.2, -0.15) is 10.4 Å². The topological polar surface area (TPSA) is 108 Å². The van der Waals surface area contributed by atoms with E-state index in [2.05, 4.69) is 25.9 Å². The molecule has 5 heterocycles. The van der Waals surface area contributed by atoms with E-state index in [-0.39, 0.29) is 17.6 Å². The van der Waals surface area contributed by atoms with Gasteiger partial charge in [-0.1, -0.05) is 11.6 Å². The van der Waals surface area contributed by atoms with E-state index in [9.17, 15) is 10.1 Å². The van der Waals surface area contributed by atoms with Crippen LogP contribution in [0.15, 0.2) is 29.6 Å². The number of nitrogens with zero attached hydrogens (tertiary/aromatic N) is 7. The lowest BCUT2D eigenvalue weighted by Gasteiger charge is -2.43. The number of H-pyrrole nitrogens is 1. The first-order valence-corrected chi connectivity index (χ1v) is 10.3. The molecule has 4 aromatic heterocycles. The highest BCUT2D eigenvalue weighted by molar-refractivity contribution is 6.33. The van der Waals surface area contributed by atoms with Crippen molar-refractivity contribution in [2.24, 2.45) is 0 Å². The van der Waals surface area contributed by atoms with Gasteiger partial charge in [0.25, 0.3) is 5.56 Å². The SMILES string of the molecule is N#Cc1c[nH]c2ncnc(N3CC[C@H]3c3nn4ccc(Cl)c4c(=O)n3C3CCC3)c12. The summed E-state index contributed by atoms with van der Waals surface area (Å²) in [5, 5.41) is 15.4. The van der Waals surface area contributed by atoms with Crippen LogP contribution in [0.5, 0.6) is 0 Å². The highest BCUT2D eigenvalue weighted by atomic mass is 35.5. The normalized spacial score (nSPS) is 19.1. The van der Waals surface area contributed by atoms with Gasteiger partial charge in [-0.25, -0.2) is 14.5 Å².